The first kappa shape index (κ1) is 26.8. The maximum atomic E-state index is 13.1. The molecule has 1 amide bonds. The van der Waals surface area contributed by atoms with Crippen molar-refractivity contribution < 1.29 is 18.7 Å². The van der Waals surface area contributed by atoms with E-state index in [0.717, 1.165) is 14.7 Å². The summed E-state index contributed by atoms with van der Waals surface area (Å²) in [6.07, 6.45) is 0.425. The van der Waals surface area contributed by atoms with Crippen molar-refractivity contribution in [1.29, 1.82) is 0 Å². The first-order valence-corrected chi connectivity index (χ1v) is 12.3. The smallest absolute Gasteiger partial charge is 0.349 e. The number of nitrogens with zero attached hydrogens (tertiary/aromatic N) is 2. The highest BCUT2D eigenvalue weighted by Gasteiger charge is 2.17. The molecule has 9 nitrogen and oxygen atoms in total. The average Bonchev–Trinajstić information content (AvgIpc) is 2.87. The normalized spacial score (nSPS) is 10.8. The zero-order valence-electron chi connectivity index (χ0n) is 20.8. The Morgan fingerprint density at radius 2 is 1.76 bits per heavy atom. The first-order chi connectivity index (χ1) is 18.2. The van der Waals surface area contributed by atoms with Crippen LogP contribution >= 0.6 is 15.9 Å². The number of aryl methyl sites for hydroxylation is 2. The second-order valence-electron chi connectivity index (χ2n) is 8.46. The lowest BCUT2D eigenvalue weighted by Crippen LogP contribution is -2.39. The van der Waals surface area contributed by atoms with Crippen molar-refractivity contribution >= 4 is 21.8 Å². The number of benzene rings is 3. The number of methoxy groups -OCH3 is 1. The van der Waals surface area contributed by atoms with Gasteiger partial charge in [-0.25, -0.2) is 9.18 Å². The lowest BCUT2D eigenvalue weighted by atomic mass is 10.1. The quantitative estimate of drug-likeness (QED) is 0.321. The number of rotatable bonds is 8. The van der Waals surface area contributed by atoms with E-state index in [-0.39, 0.29) is 12.4 Å². The Balaban J connectivity index is 1.56. The van der Waals surface area contributed by atoms with E-state index in [0.29, 0.717) is 40.5 Å². The molecule has 0 saturated heterocycles. The zero-order valence-corrected chi connectivity index (χ0v) is 22.4. The van der Waals surface area contributed by atoms with Crippen LogP contribution in [-0.4, -0.2) is 34.3 Å². The molecule has 0 aliphatic rings. The molecule has 196 valence electrons. The standard InChI is InChI=1S/C27H24BrFN4O5/c1-15-12-19(13-16(2)24(15)38-20-8-9-22(37-3)21(28)14-20)33-27(36)31-26(35)23(32-33)25(34)30-11-10-17-4-6-18(29)7-5-17/h4-9,12-14H,10-11H2,1-3H3,(H,30,34)(H,31,35,36). The first-order valence-electron chi connectivity index (χ1n) is 11.6. The SMILES string of the molecule is COc1ccc(Oc2c(C)cc(-n3nc(C(=O)NCCc4ccc(F)cc4)c(=O)[nH]c3=O)cc2C)cc1Br. The lowest BCUT2D eigenvalue weighted by Gasteiger charge is -2.15. The number of halogens is 2. The average molecular weight is 583 g/mol. The molecule has 0 bridgehead atoms. The van der Waals surface area contributed by atoms with Gasteiger partial charge in [0.15, 0.2) is 0 Å². The number of hydrogen-bond donors (Lipinski definition) is 2. The summed E-state index contributed by atoms with van der Waals surface area (Å²) in [7, 11) is 1.57. The van der Waals surface area contributed by atoms with Gasteiger partial charge in [-0.1, -0.05) is 12.1 Å². The summed E-state index contributed by atoms with van der Waals surface area (Å²) < 4.78 is 26.1. The van der Waals surface area contributed by atoms with Crippen LogP contribution in [0.2, 0.25) is 0 Å². The van der Waals surface area contributed by atoms with Crippen molar-refractivity contribution in [3.63, 3.8) is 0 Å². The Morgan fingerprint density at radius 3 is 2.39 bits per heavy atom. The molecule has 0 saturated carbocycles. The number of hydrogen-bond acceptors (Lipinski definition) is 6. The van der Waals surface area contributed by atoms with Crippen LogP contribution in [0.1, 0.15) is 27.2 Å². The Morgan fingerprint density at radius 1 is 1.08 bits per heavy atom. The number of H-pyrrole nitrogens is 1. The summed E-state index contributed by atoms with van der Waals surface area (Å²) in [5.74, 6) is 0.743. The van der Waals surface area contributed by atoms with Crippen LogP contribution in [0.5, 0.6) is 17.2 Å². The number of aromatic nitrogens is 3. The van der Waals surface area contributed by atoms with Crippen molar-refractivity contribution in [1.82, 2.24) is 20.1 Å². The Bertz CT molecular complexity index is 1590. The second-order valence-corrected chi connectivity index (χ2v) is 9.31. The minimum Gasteiger partial charge on any atom is -0.496 e. The Labute approximate surface area is 225 Å². The minimum absolute atomic E-state index is 0.191. The molecule has 0 spiro atoms. The Kier molecular flexibility index (Phi) is 8.06. The third-order valence-electron chi connectivity index (χ3n) is 5.69. The molecule has 0 radical (unpaired) electrons. The molecule has 4 rings (SSSR count). The highest BCUT2D eigenvalue weighted by atomic mass is 79.9. The zero-order chi connectivity index (χ0) is 27.4. The van der Waals surface area contributed by atoms with E-state index < -0.39 is 22.9 Å². The topological polar surface area (TPSA) is 115 Å². The predicted octanol–water partition coefficient (Wildman–Crippen LogP) is 4.21. The van der Waals surface area contributed by atoms with Gasteiger partial charge < -0.3 is 14.8 Å². The van der Waals surface area contributed by atoms with Crippen LogP contribution in [0.15, 0.2) is 68.7 Å². The van der Waals surface area contributed by atoms with Gasteiger partial charge in [-0.3, -0.25) is 14.6 Å². The van der Waals surface area contributed by atoms with E-state index >= 15 is 0 Å². The molecule has 38 heavy (non-hydrogen) atoms. The van der Waals surface area contributed by atoms with E-state index in [2.05, 4.69) is 31.3 Å². The van der Waals surface area contributed by atoms with Crippen LogP contribution in [0, 0.1) is 19.7 Å². The number of ether oxygens (including phenoxy) is 2. The monoisotopic (exact) mass is 582 g/mol. The highest BCUT2D eigenvalue weighted by Crippen LogP contribution is 2.34. The fraction of sp³-hybridized carbons (Fsp3) is 0.185. The summed E-state index contributed by atoms with van der Waals surface area (Å²) >= 11 is 3.44. The molecule has 11 heteroatoms. The van der Waals surface area contributed by atoms with Crippen molar-refractivity contribution in [2.75, 3.05) is 13.7 Å². The molecule has 1 heterocycles. The Hall–Kier alpha value is -4.25. The van der Waals surface area contributed by atoms with Gasteiger partial charge in [0.25, 0.3) is 11.5 Å². The molecule has 0 aliphatic carbocycles. The summed E-state index contributed by atoms with van der Waals surface area (Å²) in [4.78, 5) is 39.7. The van der Waals surface area contributed by atoms with Crippen molar-refractivity contribution in [3.05, 3.63) is 108 Å². The number of carbonyl (C=O) groups is 1. The summed E-state index contributed by atoms with van der Waals surface area (Å²) in [5, 5.41) is 6.65. The van der Waals surface area contributed by atoms with E-state index in [4.69, 9.17) is 9.47 Å². The van der Waals surface area contributed by atoms with E-state index in [9.17, 15) is 18.8 Å². The van der Waals surface area contributed by atoms with E-state index in [1.807, 2.05) is 13.8 Å². The highest BCUT2D eigenvalue weighted by molar-refractivity contribution is 9.10. The number of nitrogens with one attached hydrogen (secondary N) is 2. The van der Waals surface area contributed by atoms with Gasteiger partial charge >= 0.3 is 5.69 Å². The third-order valence-corrected chi connectivity index (χ3v) is 6.31. The van der Waals surface area contributed by atoms with Gasteiger partial charge in [0.2, 0.25) is 5.69 Å². The summed E-state index contributed by atoms with van der Waals surface area (Å²) in [6.45, 7) is 3.81. The predicted molar refractivity (Wildman–Crippen MR) is 143 cm³/mol. The van der Waals surface area contributed by atoms with Crippen LogP contribution < -0.4 is 26.0 Å². The van der Waals surface area contributed by atoms with E-state index in [1.165, 1.54) is 12.1 Å². The summed E-state index contributed by atoms with van der Waals surface area (Å²) in [6, 6.07) is 14.5. The van der Waals surface area contributed by atoms with Crippen LogP contribution in [0.3, 0.4) is 0 Å². The van der Waals surface area contributed by atoms with Gasteiger partial charge in [-0.2, -0.15) is 9.78 Å². The molecule has 2 N–H and O–H groups in total. The minimum atomic E-state index is -0.899. The number of amides is 1. The maximum Gasteiger partial charge on any atom is 0.349 e. The molecular weight excluding hydrogens is 559 g/mol. The number of aromatic amines is 1. The lowest BCUT2D eigenvalue weighted by molar-refractivity contribution is 0.0945. The van der Waals surface area contributed by atoms with Gasteiger partial charge in [-0.05, 0) is 95.4 Å². The fourth-order valence-corrected chi connectivity index (χ4v) is 4.34. The summed E-state index contributed by atoms with van der Waals surface area (Å²) in [5.41, 5.74) is 0.434. The van der Waals surface area contributed by atoms with Gasteiger partial charge in [-0.15, -0.1) is 0 Å². The van der Waals surface area contributed by atoms with Gasteiger partial charge in [0.05, 0.1) is 17.3 Å². The fourth-order valence-electron chi connectivity index (χ4n) is 3.82. The molecular formula is C27H24BrFN4O5. The van der Waals surface area contributed by atoms with Crippen LogP contribution in [0.25, 0.3) is 5.69 Å². The van der Waals surface area contributed by atoms with Crippen LogP contribution in [0.4, 0.5) is 4.39 Å². The van der Waals surface area contributed by atoms with Gasteiger partial charge in [0.1, 0.15) is 23.1 Å². The number of carbonyl (C=O) groups excluding carboxylic acids is 1. The van der Waals surface area contributed by atoms with Crippen molar-refractivity contribution in [2.24, 2.45) is 0 Å². The largest absolute Gasteiger partial charge is 0.496 e. The maximum absolute atomic E-state index is 13.1. The molecule has 3 aromatic carbocycles. The van der Waals surface area contributed by atoms with Crippen molar-refractivity contribution in [3.8, 4) is 22.9 Å². The molecule has 1 aromatic heterocycles. The van der Waals surface area contributed by atoms with Crippen LogP contribution in [-0.2, 0) is 6.42 Å². The molecule has 0 fully saturated rings. The molecule has 4 aromatic rings. The van der Waals surface area contributed by atoms with Gasteiger partial charge in [0, 0.05) is 6.54 Å². The third kappa shape index (κ3) is 6.00. The molecule has 0 unspecified atom stereocenters. The second kappa shape index (κ2) is 11.4. The molecule has 0 atom stereocenters. The molecule has 0 aliphatic heterocycles. The van der Waals surface area contributed by atoms with E-state index in [1.54, 1.807) is 49.6 Å². The van der Waals surface area contributed by atoms with Crippen molar-refractivity contribution in [2.45, 2.75) is 20.3 Å².